The standard InChI is InChI=1S/C15H23ClN2O2/c1-15(2,3)13(17)14(19)18(4)9-10-20-12-8-6-5-7-11(12)16/h5-8,13H,9-10,17H2,1-4H3/t13-/m0/s1. The van der Waals surface area contributed by atoms with Crippen molar-refractivity contribution >= 4 is 17.5 Å². The Labute approximate surface area is 125 Å². The highest BCUT2D eigenvalue weighted by atomic mass is 35.5. The van der Waals surface area contributed by atoms with Crippen molar-refractivity contribution in [1.82, 2.24) is 4.90 Å². The van der Waals surface area contributed by atoms with Gasteiger partial charge in [-0.2, -0.15) is 0 Å². The lowest BCUT2D eigenvalue weighted by Crippen LogP contribution is -2.49. The summed E-state index contributed by atoms with van der Waals surface area (Å²) >= 11 is 5.99. The molecule has 1 atom stereocenters. The lowest BCUT2D eigenvalue weighted by Gasteiger charge is -2.30. The minimum Gasteiger partial charge on any atom is -0.490 e. The van der Waals surface area contributed by atoms with Crippen LogP contribution in [0.2, 0.25) is 5.02 Å². The summed E-state index contributed by atoms with van der Waals surface area (Å²) in [7, 11) is 1.73. The van der Waals surface area contributed by atoms with Gasteiger partial charge in [-0.15, -0.1) is 0 Å². The minimum absolute atomic E-state index is 0.0831. The number of ether oxygens (including phenoxy) is 1. The molecule has 0 heterocycles. The zero-order valence-corrected chi connectivity index (χ0v) is 13.3. The van der Waals surface area contributed by atoms with Crippen LogP contribution in [0.25, 0.3) is 0 Å². The van der Waals surface area contributed by atoms with Crippen molar-refractivity contribution in [3.05, 3.63) is 29.3 Å². The van der Waals surface area contributed by atoms with Gasteiger partial charge in [-0.1, -0.05) is 44.5 Å². The summed E-state index contributed by atoms with van der Waals surface area (Å²) in [5, 5.41) is 0.563. The molecule has 0 aliphatic heterocycles. The first-order valence-electron chi connectivity index (χ1n) is 6.61. The predicted octanol–water partition coefficient (Wildman–Crippen LogP) is 2.55. The molecule has 20 heavy (non-hydrogen) atoms. The zero-order valence-electron chi connectivity index (χ0n) is 12.5. The first-order valence-corrected chi connectivity index (χ1v) is 6.99. The third-order valence-electron chi connectivity index (χ3n) is 3.10. The van der Waals surface area contributed by atoms with E-state index in [1.54, 1.807) is 24.1 Å². The van der Waals surface area contributed by atoms with Crippen LogP contribution in [0.4, 0.5) is 0 Å². The molecule has 112 valence electrons. The van der Waals surface area contributed by atoms with Gasteiger partial charge in [0.1, 0.15) is 12.4 Å². The third kappa shape index (κ3) is 4.69. The maximum absolute atomic E-state index is 12.1. The highest BCUT2D eigenvalue weighted by Crippen LogP contribution is 2.23. The molecule has 1 aromatic carbocycles. The maximum atomic E-state index is 12.1. The fourth-order valence-corrected chi connectivity index (χ4v) is 1.76. The van der Waals surface area contributed by atoms with E-state index in [9.17, 15) is 4.79 Å². The van der Waals surface area contributed by atoms with Crippen molar-refractivity contribution < 1.29 is 9.53 Å². The average molecular weight is 299 g/mol. The van der Waals surface area contributed by atoms with Crippen LogP contribution in [0.5, 0.6) is 5.75 Å². The summed E-state index contributed by atoms with van der Waals surface area (Å²) in [5.41, 5.74) is 5.69. The number of hydrogen-bond acceptors (Lipinski definition) is 3. The van der Waals surface area contributed by atoms with E-state index in [1.807, 2.05) is 32.9 Å². The molecule has 0 saturated heterocycles. The molecule has 5 heteroatoms. The van der Waals surface area contributed by atoms with Gasteiger partial charge >= 0.3 is 0 Å². The third-order valence-corrected chi connectivity index (χ3v) is 3.41. The Hall–Kier alpha value is -1.26. The smallest absolute Gasteiger partial charge is 0.239 e. The molecule has 0 fully saturated rings. The lowest BCUT2D eigenvalue weighted by atomic mass is 9.86. The van der Waals surface area contributed by atoms with Crippen molar-refractivity contribution in [1.29, 1.82) is 0 Å². The number of benzene rings is 1. The Bertz CT molecular complexity index is 457. The van der Waals surface area contributed by atoms with Gasteiger partial charge < -0.3 is 15.4 Å². The monoisotopic (exact) mass is 298 g/mol. The summed E-state index contributed by atoms with van der Waals surface area (Å²) in [6.07, 6.45) is 0. The topological polar surface area (TPSA) is 55.6 Å². The molecule has 0 bridgehead atoms. The Morgan fingerprint density at radius 2 is 2.00 bits per heavy atom. The second kappa shape index (κ2) is 6.95. The molecule has 1 amide bonds. The van der Waals surface area contributed by atoms with E-state index >= 15 is 0 Å². The van der Waals surface area contributed by atoms with Gasteiger partial charge in [0.15, 0.2) is 0 Å². The fraction of sp³-hybridized carbons (Fsp3) is 0.533. The summed E-state index contributed by atoms with van der Waals surface area (Å²) < 4.78 is 5.56. The van der Waals surface area contributed by atoms with E-state index in [-0.39, 0.29) is 11.3 Å². The Kier molecular flexibility index (Phi) is 5.84. The van der Waals surface area contributed by atoms with Crippen LogP contribution in [0.15, 0.2) is 24.3 Å². The highest BCUT2D eigenvalue weighted by Gasteiger charge is 2.29. The number of likely N-dealkylation sites (N-methyl/N-ethyl adjacent to an activating group) is 1. The molecule has 1 rings (SSSR count). The van der Waals surface area contributed by atoms with Gasteiger partial charge in [0.25, 0.3) is 0 Å². The molecule has 0 aliphatic rings. The van der Waals surface area contributed by atoms with Crippen LogP contribution in [-0.2, 0) is 4.79 Å². The number of hydrogen-bond donors (Lipinski definition) is 1. The molecular weight excluding hydrogens is 276 g/mol. The van der Waals surface area contributed by atoms with E-state index in [4.69, 9.17) is 22.1 Å². The van der Waals surface area contributed by atoms with Crippen molar-refractivity contribution in [2.45, 2.75) is 26.8 Å². The number of para-hydroxylation sites is 1. The molecule has 0 aliphatic carbocycles. The van der Waals surface area contributed by atoms with Crippen LogP contribution < -0.4 is 10.5 Å². The van der Waals surface area contributed by atoms with Gasteiger partial charge in [-0.05, 0) is 17.5 Å². The van der Waals surface area contributed by atoms with Crippen molar-refractivity contribution in [3.8, 4) is 5.75 Å². The van der Waals surface area contributed by atoms with Crippen LogP contribution in [0.3, 0.4) is 0 Å². The number of rotatable bonds is 5. The van der Waals surface area contributed by atoms with E-state index < -0.39 is 6.04 Å². The first-order chi connectivity index (χ1) is 9.23. The predicted molar refractivity (Wildman–Crippen MR) is 82.0 cm³/mol. The first kappa shape index (κ1) is 16.8. The van der Waals surface area contributed by atoms with Gasteiger partial charge in [-0.25, -0.2) is 0 Å². The van der Waals surface area contributed by atoms with E-state index in [2.05, 4.69) is 0 Å². The quantitative estimate of drug-likeness (QED) is 0.909. The molecule has 4 nitrogen and oxygen atoms in total. The van der Waals surface area contributed by atoms with Gasteiger partial charge in [0.05, 0.1) is 17.6 Å². The minimum atomic E-state index is -0.521. The van der Waals surface area contributed by atoms with Gasteiger partial charge in [0.2, 0.25) is 5.91 Å². The van der Waals surface area contributed by atoms with Crippen LogP contribution in [-0.4, -0.2) is 37.0 Å². The van der Waals surface area contributed by atoms with Crippen molar-refractivity contribution in [2.24, 2.45) is 11.1 Å². The van der Waals surface area contributed by atoms with E-state index in [0.29, 0.717) is 23.9 Å². The second-order valence-electron chi connectivity index (χ2n) is 5.88. The summed E-state index contributed by atoms with van der Waals surface area (Å²) in [6.45, 7) is 6.69. The number of amides is 1. The van der Waals surface area contributed by atoms with Crippen molar-refractivity contribution in [3.63, 3.8) is 0 Å². The lowest BCUT2D eigenvalue weighted by molar-refractivity contribution is -0.133. The van der Waals surface area contributed by atoms with Crippen LogP contribution in [0, 0.1) is 5.41 Å². The summed E-state index contributed by atoms with van der Waals surface area (Å²) in [5.74, 6) is 0.537. The number of nitrogens with zero attached hydrogens (tertiary/aromatic N) is 1. The molecule has 0 aromatic heterocycles. The Morgan fingerprint density at radius 1 is 1.40 bits per heavy atom. The number of nitrogens with two attached hydrogens (primary N) is 1. The van der Waals surface area contributed by atoms with Crippen LogP contribution in [0.1, 0.15) is 20.8 Å². The molecular formula is C15H23ClN2O2. The van der Waals surface area contributed by atoms with Crippen molar-refractivity contribution in [2.75, 3.05) is 20.2 Å². The zero-order chi connectivity index (χ0) is 15.3. The average Bonchev–Trinajstić information content (AvgIpc) is 2.38. The maximum Gasteiger partial charge on any atom is 0.239 e. The number of carbonyl (C=O) groups excluding carboxylic acids is 1. The van der Waals surface area contributed by atoms with E-state index in [1.165, 1.54) is 0 Å². The Morgan fingerprint density at radius 3 is 2.55 bits per heavy atom. The Balaban J connectivity index is 2.46. The SMILES string of the molecule is CN(CCOc1ccccc1Cl)C(=O)[C@H](N)C(C)(C)C. The second-order valence-corrected chi connectivity index (χ2v) is 6.29. The largest absolute Gasteiger partial charge is 0.490 e. The molecule has 2 N–H and O–H groups in total. The highest BCUT2D eigenvalue weighted by molar-refractivity contribution is 6.32. The molecule has 0 spiro atoms. The van der Waals surface area contributed by atoms with E-state index in [0.717, 1.165) is 0 Å². The molecule has 0 saturated carbocycles. The normalized spacial score (nSPS) is 12.9. The molecule has 0 unspecified atom stereocenters. The summed E-state index contributed by atoms with van der Waals surface area (Å²) in [6, 6.07) is 6.73. The fourth-order valence-electron chi connectivity index (χ4n) is 1.57. The molecule has 0 radical (unpaired) electrons. The van der Waals surface area contributed by atoms with Gasteiger partial charge in [-0.3, -0.25) is 4.79 Å². The number of carbonyl (C=O) groups is 1. The molecule has 1 aromatic rings. The van der Waals surface area contributed by atoms with Crippen LogP contribution >= 0.6 is 11.6 Å². The number of halogens is 1. The summed E-state index contributed by atoms with van der Waals surface area (Å²) in [4.78, 5) is 13.7. The van der Waals surface area contributed by atoms with Gasteiger partial charge in [0, 0.05) is 7.05 Å².